The van der Waals surface area contributed by atoms with E-state index in [0.29, 0.717) is 12.3 Å². The quantitative estimate of drug-likeness (QED) is 0.859. The van der Waals surface area contributed by atoms with E-state index in [1.54, 1.807) is 17.9 Å². The summed E-state index contributed by atoms with van der Waals surface area (Å²) in [4.78, 5) is 14.3. The first-order valence-electron chi connectivity index (χ1n) is 7.06. The van der Waals surface area contributed by atoms with E-state index in [9.17, 15) is 13.4 Å². The second-order valence-electron chi connectivity index (χ2n) is 5.08. The summed E-state index contributed by atoms with van der Waals surface area (Å²) in [7, 11) is -0.921. The van der Waals surface area contributed by atoms with Crippen molar-refractivity contribution in [2.45, 2.75) is 32.1 Å². The summed E-state index contributed by atoms with van der Waals surface area (Å²) in [6.07, 6.45) is 0. The van der Waals surface area contributed by atoms with Gasteiger partial charge in [0.25, 0.3) is 5.91 Å². The summed E-state index contributed by atoms with van der Waals surface area (Å²) in [6, 6.07) is 4.20. The number of hydrogen-bond acceptors (Lipinski definition) is 3. The van der Waals surface area contributed by atoms with Crippen LogP contribution >= 0.6 is 0 Å². The highest BCUT2D eigenvalue weighted by molar-refractivity contribution is 7.85. The lowest BCUT2D eigenvalue weighted by Gasteiger charge is -2.37. The average Bonchev–Trinajstić information content (AvgIpc) is 2.46. The van der Waals surface area contributed by atoms with Gasteiger partial charge in [0.05, 0.1) is 17.4 Å². The average molecular weight is 313 g/mol. The molecule has 0 bridgehead atoms. The molecular weight excluding hydrogens is 293 g/mol. The topological polar surface area (TPSA) is 46.6 Å². The summed E-state index contributed by atoms with van der Waals surface area (Å²) < 4.78 is 31.0. The zero-order chi connectivity index (χ0) is 15.6. The Bertz CT molecular complexity index is 564. The van der Waals surface area contributed by atoms with E-state index in [0.717, 1.165) is 0 Å². The van der Waals surface area contributed by atoms with Crippen LogP contribution in [0.2, 0.25) is 0 Å². The first-order chi connectivity index (χ1) is 9.97. The molecule has 3 atom stereocenters. The molecule has 2 rings (SSSR count). The van der Waals surface area contributed by atoms with E-state index in [-0.39, 0.29) is 35.1 Å². The predicted molar refractivity (Wildman–Crippen MR) is 80.5 cm³/mol. The summed E-state index contributed by atoms with van der Waals surface area (Å²) in [6.45, 7) is 6.19. The smallest absolute Gasteiger partial charge is 0.258 e. The van der Waals surface area contributed by atoms with Gasteiger partial charge in [-0.05, 0) is 32.9 Å². The molecule has 0 N–H and O–H groups in total. The molecule has 1 fully saturated rings. The van der Waals surface area contributed by atoms with E-state index < -0.39 is 16.6 Å². The van der Waals surface area contributed by atoms with Gasteiger partial charge in [-0.2, -0.15) is 0 Å². The van der Waals surface area contributed by atoms with Crippen molar-refractivity contribution < 1.29 is 18.1 Å². The van der Waals surface area contributed by atoms with Crippen molar-refractivity contribution in [2.24, 2.45) is 0 Å². The standard InChI is InChI=1S/C15H20FNO3S/c1-4-20-14-12(6-5-7-13(14)16)15(18)17-8-9-21(19)11(3)10(17)2/h5-7,10-11H,4,8-9H2,1-3H3/t10-,11+,21+/m0/s1. The molecule has 0 spiro atoms. The lowest BCUT2D eigenvalue weighted by molar-refractivity contribution is 0.0690. The second kappa shape index (κ2) is 6.56. The summed E-state index contributed by atoms with van der Waals surface area (Å²) in [5.41, 5.74) is 0.226. The third-order valence-corrected chi connectivity index (χ3v) is 5.67. The maximum Gasteiger partial charge on any atom is 0.258 e. The molecule has 1 amide bonds. The van der Waals surface area contributed by atoms with Crippen molar-refractivity contribution in [1.82, 2.24) is 4.90 Å². The SMILES string of the molecule is CCOc1c(F)cccc1C(=O)N1CC[S@@](=O)[C@H](C)[C@@H]1C. The van der Waals surface area contributed by atoms with Gasteiger partial charge in [-0.25, -0.2) is 4.39 Å². The molecule has 1 heterocycles. The van der Waals surface area contributed by atoms with Crippen LogP contribution in [0.15, 0.2) is 18.2 Å². The molecule has 116 valence electrons. The van der Waals surface area contributed by atoms with Crippen LogP contribution in [-0.4, -0.2) is 45.2 Å². The molecule has 1 saturated heterocycles. The number of benzene rings is 1. The zero-order valence-corrected chi connectivity index (χ0v) is 13.3. The number of rotatable bonds is 3. The van der Waals surface area contributed by atoms with Gasteiger partial charge < -0.3 is 9.64 Å². The lowest BCUT2D eigenvalue weighted by atomic mass is 10.1. The van der Waals surface area contributed by atoms with Crippen molar-refractivity contribution in [2.75, 3.05) is 18.9 Å². The van der Waals surface area contributed by atoms with E-state index in [4.69, 9.17) is 4.74 Å². The van der Waals surface area contributed by atoms with Gasteiger partial charge in [-0.3, -0.25) is 9.00 Å². The molecule has 1 aromatic carbocycles. The van der Waals surface area contributed by atoms with Crippen LogP contribution in [0, 0.1) is 5.82 Å². The molecule has 0 unspecified atom stereocenters. The van der Waals surface area contributed by atoms with Crippen LogP contribution in [0.5, 0.6) is 5.75 Å². The number of halogens is 1. The highest BCUT2D eigenvalue weighted by Crippen LogP contribution is 2.27. The number of carbonyl (C=O) groups excluding carboxylic acids is 1. The number of para-hydroxylation sites is 1. The fourth-order valence-electron chi connectivity index (χ4n) is 2.46. The molecule has 0 aromatic heterocycles. The van der Waals surface area contributed by atoms with Gasteiger partial charge in [-0.1, -0.05) is 6.07 Å². The van der Waals surface area contributed by atoms with E-state index >= 15 is 0 Å². The van der Waals surface area contributed by atoms with Gasteiger partial charge in [-0.15, -0.1) is 0 Å². The van der Waals surface area contributed by atoms with E-state index in [2.05, 4.69) is 0 Å². The van der Waals surface area contributed by atoms with Gasteiger partial charge in [0.1, 0.15) is 0 Å². The molecule has 1 aliphatic rings. The first-order valence-corrected chi connectivity index (χ1v) is 8.45. The Hall–Kier alpha value is -1.43. The molecule has 6 heteroatoms. The molecule has 0 saturated carbocycles. The molecule has 1 aliphatic heterocycles. The van der Waals surface area contributed by atoms with Crippen LogP contribution in [0.4, 0.5) is 4.39 Å². The number of carbonyl (C=O) groups is 1. The zero-order valence-electron chi connectivity index (χ0n) is 12.5. The molecule has 4 nitrogen and oxygen atoms in total. The number of amides is 1. The maximum absolute atomic E-state index is 13.9. The minimum atomic E-state index is -0.921. The first kappa shape index (κ1) is 15.9. The third kappa shape index (κ3) is 3.10. The number of nitrogens with zero attached hydrogens (tertiary/aromatic N) is 1. The second-order valence-corrected chi connectivity index (χ2v) is 6.99. The highest BCUT2D eigenvalue weighted by atomic mass is 32.2. The van der Waals surface area contributed by atoms with E-state index in [1.807, 2.05) is 13.8 Å². The van der Waals surface area contributed by atoms with Crippen molar-refractivity contribution in [3.63, 3.8) is 0 Å². The maximum atomic E-state index is 13.9. The molecule has 21 heavy (non-hydrogen) atoms. The third-order valence-electron chi connectivity index (χ3n) is 3.87. The Morgan fingerprint density at radius 2 is 2.19 bits per heavy atom. The van der Waals surface area contributed by atoms with Crippen molar-refractivity contribution in [3.05, 3.63) is 29.6 Å². The fraction of sp³-hybridized carbons (Fsp3) is 0.533. The Kier molecular flexibility index (Phi) is 4.98. The number of hydrogen-bond donors (Lipinski definition) is 0. The monoisotopic (exact) mass is 313 g/mol. The van der Waals surface area contributed by atoms with Crippen LogP contribution in [-0.2, 0) is 10.8 Å². The Balaban J connectivity index is 2.32. The van der Waals surface area contributed by atoms with Crippen molar-refractivity contribution in [3.8, 4) is 5.75 Å². The van der Waals surface area contributed by atoms with E-state index in [1.165, 1.54) is 12.1 Å². The van der Waals surface area contributed by atoms with Crippen LogP contribution in [0.3, 0.4) is 0 Å². The van der Waals surface area contributed by atoms with Gasteiger partial charge in [0.15, 0.2) is 11.6 Å². The summed E-state index contributed by atoms with van der Waals surface area (Å²) >= 11 is 0. The van der Waals surface area contributed by atoms with Gasteiger partial charge >= 0.3 is 0 Å². The normalized spacial score (nSPS) is 25.7. The Morgan fingerprint density at radius 1 is 1.48 bits per heavy atom. The molecule has 0 radical (unpaired) electrons. The van der Waals surface area contributed by atoms with Crippen molar-refractivity contribution in [1.29, 1.82) is 0 Å². The molecule has 0 aliphatic carbocycles. The molecular formula is C15H20FNO3S. The van der Waals surface area contributed by atoms with Crippen LogP contribution < -0.4 is 4.74 Å². The predicted octanol–water partition coefficient (Wildman–Crippen LogP) is 2.21. The summed E-state index contributed by atoms with van der Waals surface area (Å²) in [5, 5.41) is -0.0909. The largest absolute Gasteiger partial charge is 0.490 e. The Morgan fingerprint density at radius 3 is 2.86 bits per heavy atom. The molecule has 1 aromatic rings. The van der Waals surface area contributed by atoms with Crippen LogP contribution in [0.1, 0.15) is 31.1 Å². The Labute approximate surface area is 126 Å². The van der Waals surface area contributed by atoms with Gasteiger partial charge in [0, 0.05) is 29.1 Å². The van der Waals surface area contributed by atoms with Crippen molar-refractivity contribution >= 4 is 16.7 Å². The van der Waals surface area contributed by atoms with Gasteiger partial charge in [0.2, 0.25) is 0 Å². The highest BCUT2D eigenvalue weighted by Gasteiger charge is 2.34. The minimum absolute atomic E-state index is 0.00320. The summed E-state index contributed by atoms with van der Waals surface area (Å²) in [5.74, 6) is -0.356. The minimum Gasteiger partial charge on any atom is -0.490 e. The van der Waals surface area contributed by atoms with Crippen LogP contribution in [0.25, 0.3) is 0 Å². The lowest BCUT2D eigenvalue weighted by Crippen LogP contribution is -2.52. The number of ether oxygens (including phenoxy) is 1. The fourth-order valence-corrected chi connectivity index (χ4v) is 3.80.